The summed E-state index contributed by atoms with van der Waals surface area (Å²) in [5.74, 6) is -0.578. The van der Waals surface area contributed by atoms with E-state index in [-0.39, 0.29) is 25.7 Å². The fraction of sp³-hybridized carbons (Fsp3) is 0.939. The van der Waals surface area contributed by atoms with Gasteiger partial charge in [0.05, 0.1) is 26.4 Å². The van der Waals surface area contributed by atoms with Gasteiger partial charge in [-0.05, 0) is 37.5 Å². The number of rotatable bonds is 65. The zero-order chi connectivity index (χ0) is 62.9. The van der Waals surface area contributed by atoms with Crippen LogP contribution >= 0.6 is 15.6 Å². The van der Waals surface area contributed by atoms with Crippen molar-refractivity contribution in [3.05, 3.63) is 0 Å². The van der Waals surface area contributed by atoms with Crippen LogP contribution < -0.4 is 0 Å². The van der Waals surface area contributed by atoms with E-state index in [1.807, 2.05) is 0 Å². The van der Waals surface area contributed by atoms with Crippen LogP contribution in [0.15, 0.2) is 0 Å². The molecule has 0 aromatic rings. The molecule has 3 unspecified atom stereocenters. The number of carbonyl (C=O) groups is 4. The molecule has 0 aromatic heterocycles. The van der Waals surface area contributed by atoms with Gasteiger partial charge in [0.2, 0.25) is 0 Å². The van der Waals surface area contributed by atoms with E-state index in [2.05, 4.69) is 41.5 Å². The third-order valence-corrected chi connectivity index (χ3v) is 17.5. The number of unbranched alkanes of at least 4 members (excludes halogenated alkanes) is 34. The SMILES string of the molecule is CCCCCCCCCCCC(=O)OC[C@H](COP(=O)(O)OC[C@H](O)COP(=O)(O)OC[C@@H](COC(=O)CCCCCCCCCCC(C)CC)OC(=O)CCCCCCCCCCCCCCC(C)C)OC(=O)CCCCCCCCCCC. The topological polar surface area (TPSA) is 237 Å². The van der Waals surface area contributed by atoms with Gasteiger partial charge in [-0.2, -0.15) is 0 Å². The van der Waals surface area contributed by atoms with Crippen LogP contribution in [0.5, 0.6) is 0 Å². The molecule has 0 aliphatic carbocycles. The lowest BCUT2D eigenvalue weighted by atomic mass is 9.99. The second-order valence-electron chi connectivity index (χ2n) is 24.6. The van der Waals surface area contributed by atoms with E-state index in [4.69, 9.17) is 37.0 Å². The summed E-state index contributed by atoms with van der Waals surface area (Å²) >= 11 is 0. The second kappa shape index (κ2) is 58.4. The first-order valence-electron chi connectivity index (χ1n) is 34.5. The van der Waals surface area contributed by atoms with Gasteiger partial charge in [0.1, 0.15) is 19.3 Å². The Balaban J connectivity index is 5.23. The highest BCUT2D eigenvalue weighted by Crippen LogP contribution is 2.45. The molecule has 0 amide bonds. The molecule has 17 nitrogen and oxygen atoms in total. The largest absolute Gasteiger partial charge is 0.472 e. The molecule has 85 heavy (non-hydrogen) atoms. The minimum atomic E-state index is -4.95. The quantitative estimate of drug-likeness (QED) is 0.0222. The number of phosphoric ester groups is 2. The van der Waals surface area contributed by atoms with Crippen LogP contribution in [0.2, 0.25) is 0 Å². The van der Waals surface area contributed by atoms with Crippen molar-refractivity contribution in [3.8, 4) is 0 Å². The average molecular weight is 1260 g/mol. The Morgan fingerprint density at radius 3 is 0.894 bits per heavy atom. The normalized spacial score (nSPS) is 14.6. The van der Waals surface area contributed by atoms with Crippen LogP contribution in [-0.4, -0.2) is 96.7 Å². The summed E-state index contributed by atoms with van der Waals surface area (Å²) in [6.07, 6.45) is 41.6. The molecular formula is C66H128O17P2. The maximum atomic E-state index is 13.0. The van der Waals surface area contributed by atoms with Gasteiger partial charge in [-0.1, -0.05) is 279 Å². The van der Waals surface area contributed by atoms with Crippen LogP contribution in [0, 0.1) is 11.8 Å². The molecule has 504 valence electrons. The number of esters is 4. The summed E-state index contributed by atoms with van der Waals surface area (Å²) in [5, 5.41) is 10.5. The van der Waals surface area contributed by atoms with Crippen molar-refractivity contribution in [2.24, 2.45) is 11.8 Å². The Hall–Kier alpha value is -1.94. The van der Waals surface area contributed by atoms with Gasteiger partial charge in [-0.15, -0.1) is 0 Å². The van der Waals surface area contributed by atoms with Crippen LogP contribution in [0.25, 0.3) is 0 Å². The van der Waals surface area contributed by atoms with Crippen molar-refractivity contribution in [2.75, 3.05) is 39.6 Å². The third kappa shape index (κ3) is 59.5. The van der Waals surface area contributed by atoms with Gasteiger partial charge in [0.15, 0.2) is 12.2 Å². The highest BCUT2D eigenvalue weighted by atomic mass is 31.2. The highest BCUT2D eigenvalue weighted by molar-refractivity contribution is 7.47. The number of phosphoric acid groups is 2. The summed E-state index contributed by atoms with van der Waals surface area (Å²) in [7, 11) is -9.89. The lowest BCUT2D eigenvalue weighted by Gasteiger charge is -2.21. The van der Waals surface area contributed by atoms with Crippen LogP contribution in [0.1, 0.15) is 330 Å². The number of aliphatic hydroxyl groups excluding tert-OH is 1. The van der Waals surface area contributed by atoms with Crippen molar-refractivity contribution in [1.29, 1.82) is 0 Å². The number of hydrogen-bond acceptors (Lipinski definition) is 15. The Labute approximate surface area is 517 Å². The smallest absolute Gasteiger partial charge is 0.462 e. The van der Waals surface area contributed by atoms with Crippen LogP contribution in [0.3, 0.4) is 0 Å². The van der Waals surface area contributed by atoms with Gasteiger partial charge < -0.3 is 33.8 Å². The maximum Gasteiger partial charge on any atom is 0.472 e. The predicted octanol–water partition coefficient (Wildman–Crippen LogP) is 18.4. The molecule has 0 spiro atoms. The Bertz CT molecular complexity index is 1670. The van der Waals surface area contributed by atoms with Crippen LogP contribution in [0.4, 0.5) is 0 Å². The molecule has 0 saturated carbocycles. The molecule has 0 aliphatic heterocycles. The van der Waals surface area contributed by atoms with E-state index in [0.29, 0.717) is 25.7 Å². The summed E-state index contributed by atoms with van der Waals surface area (Å²) in [4.78, 5) is 72.3. The Morgan fingerprint density at radius 2 is 0.600 bits per heavy atom. The monoisotopic (exact) mass is 1250 g/mol. The molecule has 19 heteroatoms. The van der Waals surface area contributed by atoms with Gasteiger partial charge >= 0.3 is 39.5 Å². The van der Waals surface area contributed by atoms with Crippen molar-refractivity contribution >= 4 is 39.5 Å². The summed E-state index contributed by atoms with van der Waals surface area (Å²) in [5.41, 5.74) is 0. The fourth-order valence-electron chi connectivity index (χ4n) is 9.85. The van der Waals surface area contributed by atoms with E-state index in [1.165, 1.54) is 148 Å². The molecule has 0 rings (SSSR count). The first-order chi connectivity index (χ1) is 40.9. The molecule has 0 aliphatic rings. The number of hydrogen-bond donors (Lipinski definition) is 3. The average Bonchev–Trinajstić information content (AvgIpc) is 3.47. The number of carbonyl (C=O) groups excluding carboxylic acids is 4. The van der Waals surface area contributed by atoms with E-state index in [0.717, 1.165) is 102 Å². The lowest BCUT2D eigenvalue weighted by Crippen LogP contribution is -2.30. The Kier molecular flexibility index (Phi) is 57.1. The molecule has 6 atom stereocenters. The number of aliphatic hydroxyl groups is 1. The molecule has 0 aromatic carbocycles. The maximum absolute atomic E-state index is 13.0. The third-order valence-electron chi connectivity index (χ3n) is 15.6. The molecule has 0 fully saturated rings. The van der Waals surface area contributed by atoms with Gasteiger partial charge in [0.25, 0.3) is 0 Å². The van der Waals surface area contributed by atoms with Gasteiger partial charge in [0, 0.05) is 25.7 Å². The van der Waals surface area contributed by atoms with E-state index < -0.39 is 97.5 Å². The zero-order valence-electron chi connectivity index (χ0n) is 54.9. The molecule has 0 heterocycles. The van der Waals surface area contributed by atoms with E-state index in [9.17, 15) is 43.2 Å². The van der Waals surface area contributed by atoms with Crippen molar-refractivity contribution < 1.29 is 80.2 Å². The van der Waals surface area contributed by atoms with Gasteiger partial charge in [-0.3, -0.25) is 37.3 Å². The summed E-state index contributed by atoms with van der Waals surface area (Å²) in [6.45, 7) is 9.50. The van der Waals surface area contributed by atoms with Gasteiger partial charge in [-0.25, -0.2) is 9.13 Å². The minimum absolute atomic E-state index is 0.105. The first-order valence-corrected chi connectivity index (χ1v) is 37.5. The zero-order valence-corrected chi connectivity index (χ0v) is 56.7. The molecule has 0 saturated heterocycles. The first kappa shape index (κ1) is 83.1. The second-order valence-corrected chi connectivity index (χ2v) is 27.5. The molecule has 0 bridgehead atoms. The Morgan fingerprint density at radius 1 is 0.341 bits per heavy atom. The van der Waals surface area contributed by atoms with Crippen LogP contribution in [-0.2, 0) is 65.4 Å². The fourth-order valence-corrected chi connectivity index (χ4v) is 11.4. The molecular weight excluding hydrogens is 1130 g/mol. The number of ether oxygens (including phenoxy) is 4. The molecule has 3 N–H and O–H groups in total. The predicted molar refractivity (Wildman–Crippen MR) is 340 cm³/mol. The lowest BCUT2D eigenvalue weighted by molar-refractivity contribution is -0.161. The highest BCUT2D eigenvalue weighted by Gasteiger charge is 2.30. The summed E-state index contributed by atoms with van der Waals surface area (Å²) < 4.78 is 68.0. The summed E-state index contributed by atoms with van der Waals surface area (Å²) in [6, 6.07) is 0. The molecule has 0 radical (unpaired) electrons. The standard InChI is InChI=1S/C66H128O17P2/c1-7-10-12-14-16-22-30-36-42-48-63(68)76-54-61(82-65(70)50-44-38-32-23-17-15-13-11-8-2)56-80-84(72,73)78-52-60(67)53-79-85(74,75)81-57-62(55-77-64(69)49-43-37-31-27-26-29-35-41-47-59(6)9-3)83-66(71)51-45-39-33-25-21-19-18-20-24-28-34-40-46-58(4)5/h58-62,67H,7-57H2,1-6H3,(H,72,73)(H,74,75)/t59?,60-,61+,62+/m0/s1. The van der Waals surface area contributed by atoms with E-state index >= 15 is 0 Å². The minimum Gasteiger partial charge on any atom is -0.462 e. The van der Waals surface area contributed by atoms with Crippen molar-refractivity contribution in [1.82, 2.24) is 0 Å². The van der Waals surface area contributed by atoms with E-state index in [1.54, 1.807) is 0 Å². The van der Waals surface area contributed by atoms with Crippen molar-refractivity contribution in [2.45, 2.75) is 349 Å². The van der Waals surface area contributed by atoms with Crippen molar-refractivity contribution in [3.63, 3.8) is 0 Å².